The number of anilines is 1. The molecule has 0 aromatic heterocycles. The van der Waals surface area contributed by atoms with E-state index in [1.807, 2.05) is 32.1 Å². The summed E-state index contributed by atoms with van der Waals surface area (Å²) in [5, 5.41) is 10.8. The maximum absolute atomic E-state index is 12.9. The lowest BCUT2D eigenvalue weighted by molar-refractivity contribution is 0.104. The minimum Gasteiger partial charge on any atom is -0.506 e. The fourth-order valence-electron chi connectivity index (χ4n) is 4.09. The number of aromatic hydroxyl groups is 1. The van der Waals surface area contributed by atoms with Gasteiger partial charge < -0.3 is 19.5 Å². The molecule has 0 amide bonds. The Bertz CT molecular complexity index is 1030. The predicted molar refractivity (Wildman–Crippen MR) is 124 cm³/mol. The molecule has 5 heteroatoms. The van der Waals surface area contributed by atoms with E-state index < -0.39 is 5.60 Å². The molecule has 162 valence electrons. The van der Waals surface area contributed by atoms with Gasteiger partial charge in [0.05, 0.1) is 12.7 Å². The highest BCUT2D eigenvalue weighted by atomic mass is 16.5. The van der Waals surface area contributed by atoms with Crippen LogP contribution in [0, 0.1) is 0 Å². The lowest BCUT2D eigenvalue weighted by Gasteiger charge is -2.29. The molecule has 0 unspecified atom stereocenters. The molecule has 1 fully saturated rings. The Morgan fingerprint density at radius 1 is 1.16 bits per heavy atom. The molecule has 2 heterocycles. The summed E-state index contributed by atoms with van der Waals surface area (Å²) in [6, 6.07) is 9.87. The number of fused-ring (bicyclic) bond motifs is 1. The molecule has 2 aromatic carbocycles. The standard InChI is InChI=1S/C26H29NO4/c1-26(2)14-13-20-22(31-26)17-23(30-3)24(25(20)29)21(28)12-9-18-7-10-19(11-8-18)27-15-5-4-6-16-27/h7-14,17,29H,4-6,15-16H2,1-3H3/b12-9+. The number of nitrogens with zero attached hydrogens (tertiary/aromatic N) is 1. The van der Waals surface area contributed by atoms with Gasteiger partial charge in [-0.3, -0.25) is 4.79 Å². The number of phenols is 1. The minimum atomic E-state index is -0.490. The second kappa shape index (κ2) is 8.50. The van der Waals surface area contributed by atoms with E-state index in [1.165, 1.54) is 38.1 Å². The number of hydrogen-bond donors (Lipinski definition) is 1. The zero-order chi connectivity index (χ0) is 22.0. The van der Waals surface area contributed by atoms with Gasteiger partial charge in [0, 0.05) is 24.8 Å². The Hall–Kier alpha value is -3.21. The van der Waals surface area contributed by atoms with E-state index in [9.17, 15) is 9.90 Å². The maximum Gasteiger partial charge on any atom is 0.193 e. The summed E-state index contributed by atoms with van der Waals surface area (Å²) in [6.07, 6.45) is 10.6. The van der Waals surface area contributed by atoms with Crippen LogP contribution in [0.25, 0.3) is 12.2 Å². The lowest BCUT2D eigenvalue weighted by atomic mass is 9.97. The quantitative estimate of drug-likeness (QED) is 0.514. The van der Waals surface area contributed by atoms with Gasteiger partial charge in [-0.15, -0.1) is 0 Å². The van der Waals surface area contributed by atoms with Gasteiger partial charge in [0.2, 0.25) is 0 Å². The van der Waals surface area contributed by atoms with Gasteiger partial charge in [-0.05, 0) is 69.0 Å². The molecule has 0 bridgehead atoms. The summed E-state index contributed by atoms with van der Waals surface area (Å²) < 4.78 is 11.3. The summed E-state index contributed by atoms with van der Waals surface area (Å²) >= 11 is 0. The Morgan fingerprint density at radius 3 is 2.55 bits per heavy atom. The third-order valence-electron chi connectivity index (χ3n) is 5.80. The molecule has 0 saturated carbocycles. The largest absolute Gasteiger partial charge is 0.506 e. The van der Waals surface area contributed by atoms with Crippen molar-refractivity contribution >= 4 is 23.6 Å². The van der Waals surface area contributed by atoms with Crippen LogP contribution in [-0.2, 0) is 0 Å². The summed E-state index contributed by atoms with van der Waals surface area (Å²) in [5.41, 5.74) is 2.27. The van der Waals surface area contributed by atoms with Crippen LogP contribution in [0.2, 0.25) is 0 Å². The van der Waals surface area contributed by atoms with Crippen molar-refractivity contribution in [3.8, 4) is 17.2 Å². The first-order valence-corrected chi connectivity index (χ1v) is 10.8. The molecule has 0 atom stereocenters. The zero-order valence-corrected chi connectivity index (χ0v) is 18.4. The van der Waals surface area contributed by atoms with E-state index in [4.69, 9.17) is 9.47 Å². The van der Waals surface area contributed by atoms with Crippen LogP contribution in [0.5, 0.6) is 17.2 Å². The topological polar surface area (TPSA) is 59.0 Å². The van der Waals surface area contributed by atoms with E-state index in [-0.39, 0.29) is 22.8 Å². The normalized spacial score (nSPS) is 17.3. The first kappa shape index (κ1) is 21.0. The Labute approximate surface area is 183 Å². The lowest BCUT2D eigenvalue weighted by Crippen LogP contribution is -2.29. The van der Waals surface area contributed by atoms with Crippen LogP contribution >= 0.6 is 0 Å². The molecule has 5 nitrogen and oxygen atoms in total. The van der Waals surface area contributed by atoms with E-state index in [1.54, 1.807) is 18.2 Å². The van der Waals surface area contributed by atoms with Crippen LogP contribution in [0.4, 0.5) is 5.69 Å². The summed E-state index contributed by atoms with van der Waals surface area (Å²) in [5.74, 6) is 0.333. The molecular weight excluding hydrogens is 390 g/mol. The molecule has 0 aliphatic carbocycles. The van der Waals surface area contributed by atoms with Gasteiger partial charge in [0.1, 0.15) is 28.4 Å². The average molecular weight is 420 g/mol. The number of rotatable bonds is 5. The number of ketones is 1. The number of carbonyl (C=O) groups excluding carboxylic acids is 1. The monoisotopic (exact) mass is 419 g/mol. The number of ether oxygens (including phenoxy) is 2. The number of piperidine rings is 1. The molecule has 2 aliphatic heterocycles. The molecule has 4 rings (SSSR count). The van der Waals surface area contributed by atoms with Crippen LogP contribution in [0.15, 0.2) is 42.5 Å². The smallest absolute Gasteiger partial charge is 0.193 e. The molecule has 2 aromatic rings. The van der Waals surface area contributed by atoms with Crippen molar-refractivity contribution < 1.29 is 19.4 Å². The van der Waals surface area contributed by atoms with E-state index in [0.29, 0.717) is 11.3 Å². The van der Waals surface area contributed by atoms with Crippen LogP contribution in [0.3, 0.4) is 0 Å². The van der Waals surface area contributed by atoms with Crippen molar-refractivity contribution in [3.05, 3.63) is 59.2 Å². The number of hydrogen-bond acceptors (Lipinski definition) is 5. The van der Waals surface area contributed by atoms with Gasteiger partial charge >= 0.3 is 0 Å². The highest BCUT2D eigenvalue weighted by Gasteiger charge is 2.28. The zero-order valence-electron chi connectivity index (χ0n) is 18.4. The van der Waals surface area contributed by atoms with Gasteiger partial charge in [0.15, 0.2) is 5.78 Å². The summed E-state index contributed by atoms with van der Waals surface area (Å²) in [6.45, 7) is 6.05. The molecule has 0 spiro atoms. The minimum absolute atomic E-state index is 0.129. The first-order chi connectivity index (χ1) is 14.9. The van der Waals surface area contributed by atoms with Crippen molar-refractivity contribution in [2.75, 3.05) is 25.1 Å². The third-order valence-corrected chi connectivity index (χ3v) is 5.80. The second-order valence-corrected chi connectivity index (χ2v) is 8.59. The number of phenolic OH excluding ortho intramolecular Hbond substituents is 1. The van der Waals surface area contributed by atoms with E-state index in [2.05, 4.69) is 17.0 Å². The number of allylic oxidation sites excluding steroid dienone is 1. The van der Waals surface area contributed by atoms with Gasteiger partial charge in [-0.25, -0.2) is 0 Å². The predicted octanol–water partition coefficient (Wildman–Crippen LogP) is 5.47. The molecule has 1 saturated heterocycles. The van der Waals surface area contributed by atoms with Crippen molar-refractivity contribution in [2.45, 2.75) is 38.7 Å². The third kappa shape index (κ3) is 4.46. The fourth-order valence-corrected chi connectivity index (χ4v) is 4.09. The van der Waals surface area contributed by atoms with Crippen LogP contribution < -0.4 is 14.4 Å². The highest BCUT2D eigenvalue weighted by molar-refractivity contribution is 6.11. The van der Waals surface area contributed by atoms with Crippen molar-refractivity contribution in [3.63, 3.8) is 0 Å². The molecule has 2 aliphatic rings. The van der Waals surface area contributed by atoms with Crippen LogP contribution in [0.1, 0.15) is 54.6 Å². The van der Waals surface area contributed by atoms with Crippen molar-refractivity contribution in [2.24, 2.45) is 0 Å². The molecule has 1 N–H and O–H groups in total. The van der Waals surface area contributed by atoms with E-state index >= 15 is 0 Å². The maximum atomic E-state index is 12.9. The second-order valence-electron chi connectivity index (χ2n) is 8.59. The van der Waals surface area contributed by atoms with E-state index in [0.717, 1.165) is 18.7 Å². The summed E-state index contributed by atoms with van der Waals surface area (Å²) in [7, 11) is 1.48. The van der Waals surface area contributed by atoms with Gasteiger partial charge in [-0.2, -0.15) is 0 Å². The van der Waals surface area contributed by atoms with Crippen LogP contribution in [-0.4, -0.2) is 36.7 Å². The van der Waals surface area contributed by atoms with Gasteiger partial charge in [-0.1, -0.05) is 18.2 Å². The SMILES string of the molecule is COc1cc2c(c(O)c1C(=O)/C=C/c1ccc(N3CCCCC3)cc1)C=CC(C)(C)O2. The van der Waals surface area contributed by atoms with Crippen molar-refractivity contribution in [1.82, 2.24) is 0 Å². The Kier molecular flexibility index (Phi) is 5.77. The molecular formula is C26H29NO4. The first-order valence-electron chi connectivity index (χ1n) is 10.8. The number of benzene rings is 2. The Morgan fingerprint density at radius 2 is 1.87 bits per heavy atom. The number of methoxy groups -OCH3 is 1. The highest BCUT2D eigenvalue weighted by Crippen LogP contribution is 2.43. The Balaban J connectivity index is 1.56. The van der Waals surface area contributed by atoms with Gasteiger partial charge in [0.25, 0.3) is 0 Å². The summed E-state index contributed by atoms with van der Waals surface area (Å²) in [4.78, 5) is 15.3. The average Bonchev–Trinajstić information content (AvgIpc) is 2.77. The molecule has 31 heavy (non-hydrogen) atoms. The fraction of sp³-hybridized carbons (Fsp3) is 0.346. The number of carbonyl (C=O) groups is 1. The molecule has 0 radical (unpaired) electrons. The van der Waals surface area contributed by atoms with Crippen molar-refractivity contribution in [1.29, 1.82) is 0 Å².